The average molecular weight is 738 g/mol. The van der Waals surface area contributed by atoms with Gasteiger partial charge in [0.15, 0.2) is 12.6 Å². The van der Waals surface area contributed by atoms with Crippen LogP contribution in [0.15, 0.2) is 17.6 Å². The van der Waals surface area contributed by atoms with Gasteiger partial charge in [0, 0.05) is 36.9 Å². The molecule has 2 N–H and O–H groups in total. The van der Waals surface area contributed by atoms with Gasteiger partial charge in [0.25, 0.3) is 0 Å². The van der Waals surface area contributed by atoms with E-state index in [2.05, 4.69) is 73.9 Å². The Kier molecular flexibility index (Phi) is 15.6. The lowest BCUT2D eigenvalue weighted by Crippen LogP contribution is -2.59. The van der Waals surface area contributed by atoms with Gasteiger partial charge >= 0.3 is 5.97 Å². The molecule has 302 valence electrons. The van der Waals surface area contributed by atoms with Gasteiger partial charge in [-0.2, -0.15) is 0 Å². The van der Waals surface area contributed by atoms with Crippen LogP contribution in [-0.4, -0.2) is 96.0 Å². The number of hydrogen-bond acceptors (Lipinski definition) is 10. The van der Waals surface area contributed by atoms with Crippen molar-refractivity contribution >= 4 is 11.7 Å². The number of esters is 1. The molecule has 0 radical (unpaired) electrons. The van der Waals surface area contributed by atoms with E-state index in [9.17, 15) is 15.0 Å². The minimum absolute atomic E-state index is 0.00603. The van der Waals surface area contributed by atoms with Gasteiger partial charge in [-0.25, -0.2) is 0 Å². The Labute approximate surface area is 315 Å². The Balaban J connectivity index is 2.27. The summed E-state index contributed by atoms with van der Waals surface area (Å²) in [5, 5.41) is 23.6. The largest absolute Gasteiger partial charge is 0.459 e. The molecule has 0 bridgehead atoms. The first-order valence-electron chi connectivity index (χ1n) is 20.0. The second-order valence-corrected chi connectivity index (χ2v) is 17.9. The maximum atomic E-state index is 14.3. The van der Waals surface area contributed by atoms with Crippen molar-refractivity contribution < 1.29 is 43.4 Å². The number of aliphatic hydroxyl groups is 2. The molecule has 3 heterocycles. The summed E-state index contributed by atoms with van der Waals surface area (Å²) in [5.41, 5.74) is -2.09. The fourth-order valence-corrected chi connectivity index (χ4v) is 9.27. The molecule has 17 atom stereocenters. The summed E-state index contributed by atoms with van der Waals surface area (Å²) >= 11 is 0. The van der Waals surface area contributed by atoms with Gasteiger partial charge in [-0.15, -0.1) is 6.58 Å². The Morgan fingerprint density at radius 2 is 1.58 bits per heavy atom. The summed E-state index contributed by atoms with van der Waals surface area (Å²) in [5.74, 6) is -1.78. The third-order valence-electron chi connectivity index (χ3n) is 13.3. The quantitative estimate of drug-likeness (QED) is 0.194. The minimum Gasteiger partial charge on any atom is -0.459 e. The van der Waals surface area contributed by atoms with Crippen LogP contribution >= 0.6 is 0 Å². The molecule has 52 heavy (non-hydrogen) atoms. The number of rotatable bonds is 8. The van der Waals surface area contributed by atoms with Gasteiger partial charge in [0.05, 0.1) is 48.6 Å². The van der Waals surface area contributed by atoms with Crippen LogP contribution in [0.25, 0.3) is 0 Å². The predicted molar refractivity (Wildman–Crippen MR) is 205 cm³/mol. The number of carbonyl (C=O) groups is 1. The molecule has 0 aliphatic carbocycles. The fraction of sp³-hybridized carbons (Fsp3) is 0.905. The highest BCUT2D eigenvalue weighted by molar-refractivity contribution is 5.89. The molecule has 10 nitrogen and oxygen atoms in total. The van der Waals surface area contributed by atoms with Crippen LogP contribution in [-0.2, 0) is 33.2 Å². The predicted octanol–water partition coefficient (Wildman–Crippen LogP) is 7.38. The number of ether oxygens (including phenoxy) is 6. The van der Waals surface area contributed by atoms with Crippen LogP contribution in [0, 0.1) is 46.8 Å². The summed E-state index contributed by atoms with van der Waals surface area (Å²) in [6.07, 6.45) is -0.756. The van der Waals surface area contributed by atoms with Gasteiger partial charge in [-0.1, -0.05) is 68.4 Å². The van der Waals surface area contributed by atoms with Crippen LogP contribution < -0.4 is 0 Å². The molecule has 0 aromatic carbocycles. The minimum atomic E-state index is -1.76. The standard InChI is InChI=1S/C42H75NO9/c1-17-19-47-41(14)21-24(4)34(43-16)27(7)36(44)42(15,46)32(18-2)50-38(45)29(9)35(51-33-22-40(12,13)30(10)31(11)49-33)28(8)37(41)52-39-26(6)23(3)20-25(5)48-39/h17,23-33,35-37,39,44,46H,1,18-22H2,2-16H3/t23-,24-,25+,26+,27-,28-,29+,30-,31-,32+,33-,35-,36+,37+,39?,41-,42+/m0/s1. The van der Waals surface area contributed by atoms with Gasteiger partial charge < -0.3 is 38.6 Å². The van der Waals surface area contributed by atoms with Gasteiger partial charge in [0.2, 0.25) is 0 Å². The topological polar surface area (TPSA) is 125 Å². The van der Waals surface area contributed by atoms with Crippen molar-refractivity contribution in [3.63, 3.8) is 0 Å². The molecule has 0 saturated carbocycles. The molecule has 3 aliphatic heterocycles. The summed E-state index contributed by atoms with van der Waals surface area (Å²) in [4.78, 5) is 19.0. The zero-order chi connectivity index (χ0) is 39.5. The number of aliphatic imine (C=N–C) groups is 1. The highest BCUT2D eigenvalue weighted by atomic mass is 16.7. The lowest BCUT2D eigenvalue weighted by atomic mass is 9.72. The van der Waals surface area contributed by atoms with Gasteiger partial charge in [-0.3, -0.25) is 9.79 Å². The first-order chi connectivity index (χ1) is 24.1. The Hall–Kier alpha value is -1.40. The summed E-state index contributed by atoms with van der Waals surface area (Å²) in [6, 6.07) is 0. The number of hydrogen-bond donors (Lipinski definition) is 2. The lowest BCUT2D eigenvalue weighted by Gasteiger charge is -2.50. The van der Waals surface area contributed by atoms with E-state index in [1.165, 1.54) is 6.92 Å². The second-order valence-electron chi connectivity index (χ2n) is 17.9. The highest BCUT2D eigenvalue weighted by Gasteiger charge is 2.53. The molecule has 3 rings (SSSR count). The highest BCUT2D eigenvalue weighted by Crippen LogP contribution is 2.45. The monoisotopic (exact) mass is 738 g/mol. The molecule has 1 unspecified atom stereocenters. The number of nitrogens with zero attached hydrogens (tertiary/aromatic N) is 1. The van der Waals surface area contributed by atoms with Crippen LogP contribution in [0.3, 0.4) is 0 Å². The van der Waals surface area contributed by atoms with E-state index < -0.39 is 71.9 Å². The van der Waals surface area contributed by atoms with E-state index in [-0.39, 0.29) is 36.1 Å². The van der Waals surface area contributed by atoms with Crippen LogP contribution in [0.1, 0.15) is 123 Å². The molecule has 0 aromatic rings. The van der Waals surface area contributed by atoms with E-state index >= 15 is 0 Å². The Bertz CT molecular complexity index is 1210. The zero-order valence-corrected chi connectivity index (χ0v) is 35.2. The fourth-order valence-electron chi connectivity index (χ4n) is 9.27. The van der Waals surface area contributed by atoms with Crippen molar-refractivity contribution in [1.29, 1.82) is 0 Å². The molecule has 3 aliphatic rings. The van der Waals surface area contributed by atoms with E-state index in [0.29, 0.717) is 31.1 Å². The lowest BCUT2D eigenvalue weighted by molar-refractivity contribution is -0.304. The molecule has 3 saturated heterocycles. The van der Waals surface area contributed by atoms with Gasteiger partial charge in [-0.05, 0) is 77.0 Å². The van der Waals surface area contributed by atoms with Crippen molar-refractivity contribution in [3.05, 3.63) is 12.7 Å². The van der Waals surface area contributed by atoms with Gasteiger partial charge in [0.1, 0.15) is 11.7 Å². The molecule has 0 spiro atoms. The van der Waals surface area contributed by atoms with Crippen LogP contribution in [0.2, 0.25) is 0 Å². The number of cyclic esters (lactones) is 1. The molecule has 10 heteroatoms. The smallest absolute Gasteiger partial charge is 0.311 e. The second kappa shape index (κ2) is 18.0. The third kappa shape index (κ3) is 9.87. The molecule has 0 amide bonds. The SMILES string of the molecule is C=CCO[C@@]1(C)C[C@H](C)C(=NC)[C@H](C)[C@@H](O)[C@](C)(O)[C@@H](CC)OC(=O)[C@H](C)[C@@H](O[C@H]2CC(C)(C)[C@@H](C)[C@H](C)O2)[C@H](C)[C@H]1OC1O[C@H](C)C[C@H](C)[C@H]1C. The van der Waals surface area contributed by atoms with E-state index in [1.54, 1.807) is 13.1 Å². The van der Waals surface area contributed by atoms with Crippen molar-refractivity contribution in [1.82, 2.24) is 0 Å². The van der Waals surface area contributed by atoms with Crippen molar-refractivity contribution in [2.75, 3.05) is 13.7 Å². The van der Waals surface area contributed by atoms with Crippen molar-refractivity contribution in [2.24, 2.45) is 51.8 Å². The maximum absolute atomic E-state index is 14.3. The van der Waals surface area contributed by atoms with Crippen molar-refractivity contribution in [3.8, 4) is 0 Å². The normalized spacial score (nSPS) is 47.8. The first kappa shape index (κ1) is 45.0. The Morgan fingerprint density at radius 3 is 2.13 bits per heavy atom. The Morgan fingerprint density at radius 1 is 0.942 bits per heavy atom. The average Bonchev–Trinajstić information content (AvgIpc) is 3.06. The maximum Gasteiger partial charge on any atom is 0.311 e. The first-order valence-corrected chi connectivity index (χ1v) is 20.0. The van der Waals surface area contributed by atoms with E-state index in [1.807, 2.05) is 27.7 Å². The third-order valence-corrected chi connectivity index (χ3v) is 13.3. The molecular formula is C42H75NO9. The van der Waals surface area contributed by atoms with Crippen LogP contribution in [0.5, 0.6) is 0 Å². The summed E-state index contributed by atoms with van der Waals surface area (Å²) < 4.78 is 40.2. The molecular weight excluding hydrogens is 662 g/mol. The van der Waals surface area contributed by atoms with E-state index in [0.717, 1.165) is 12.1 Å². The molecule has 3 fully saturated rings. The molecule has 0 aromatic heterocycles. The van der Waals surface area contributed by atoms with E-state index in [4.69, 9.17) is 28.4 Å². The number of carbonyl (C=O) groups excluding carboxylic acids is 1. The van der Waals surface area contributed by atoms with Crippen molar-refractivity contribution in [2.45, 2.75) is 183 Å². The summed E-state index contributed by atoms with van der Waals surface area (Å²) in [7, 11) is 1.71. The van der Waals surface area contributed by atoms with Crippen LogP contribution in [0.4, 0.5) is 0 Å². The number of aliphatic hydroxyl groups excluding tert-OH is 1. The summed E-state index contributed by atoms with van der Waals surface area (Å²) in [6.45, 7) is 32.6. The zero-order valence-electron chi connectivity index (χ0n) is 35.2.